The van der Waals surface area contributed by atoms with E-state index in [9.17, 15) is 4.79 Å². The molecule has 0 bridgehead atoms. The van der Waals surface area contributed by atoms with E-state index in [1.165, 1.54) is 23.5 Å². The maximum Gasteiger partial charge on any atom is 0.213 e. The summed E-state index contributed by atoms with van der Waals surface area (Å²) in [5.74, 6) is 2.00. The number of Topliss-reactive ketones (excluding diaryl/α,β-unsaturated/α-hetero) is 1. The summed E-state index contributed by atoms with van der Waals surface area (Å²) in [6.45, 7) is 13.1. The smallest absolute Gasteiger partial charge is 0.213 e. The van der Waals surface area contributed by atoms with Gasteiger partial charge >= 0.3 is 0 Å². The highest BCUT2D eigenvalue weighted by Crippen LogP contribution is 2.65. The summed E-state index contributed by atoms with van der Waals surface area (Å²) in [5, 5.41) is 2.50. The molecule has 0 amide bonds. The lowest BCUT2D eigenvalue weighted by Gasteiger charge is -2.42. The Hall–Kier alpha value is -1.50. The van der Waals surface area contributed by atoms with E-state index in [4.69, 9.17) is 4.52 Å². The quantitative estimate of drug-likeness (QED) is 0.430. The summed E-state index contributed by atoms with van der Waals surface area (Å²) < 4.78 is 7.49. The van der Waals surface area contributed by atoms with Gasteiger partial charge in [-0.15, -0.1) is 0 Å². The normalized spacial score (nSPS) is 24.0. The van der Waals surface area contributed by atoms with Crippen molar-refractivity contribution in [2.75, 3.05) is 0 Å². The maximum atomic E-state index is 12.6. The minimum atomic E-state index is -2.29. The summed E-state index contributed by atoms with van der Waals surface area (Å²) in [4.78, 5) is 12.6. The third kappa shape index (κ3) is 5.12. The number of hydrogen-bond donors (Lipinski definition) is 0. The number of carbonyl (C=O) groups is 1. The molecule has 5 atom stereocenters. The van der Waals surface area contributed by atoms with Crippen LogP contribution in [0.5, 0.6) is 0 Å². The molecule has 3 rings (SSSR count). The van der Waals surface area contributed by atoms with E-state index in [0.717, 1.165) is 6.42 Å². The average molecular weight is 440 g/mol. The van der Waals surface area contributed by atoms with Crippen LogP contribution < -0.4 is 10.6 Å². The standard InChI is InChI=1S/C28H40O2P/c1-20(2)27-18-17-21(3)19-28(27)30-31(24(6)22(4)23(5)29,25-13-9-7-10-14-25)26-15-11-8-12-16-26/h7-16,20-22,24,27-28H,17-19H2,1-6H3/q+1/t21-,22?,24?,27+,28-/m1/s1. The Morgan fingerprint density at radius 1 is 0.903 bits per heavy atom. The molecule has 3 heteroatoms. The van der Waals surface area contributed by atoms with E-state index < -0.39 is 7.49 Å². The van der Waals surface area contributed by atoms with Crippen LogP contribution in [0.25, 0.3) is 0 Å². The van der Waals surface area contributed by atoms with Gasteiger partial charge in [0.25, 0.3) is 0 Å². The molecule has 31 heavy (non-hydrogen) atoms. The molecular formula is C28H40O2P+. The van der Waals surface area contributed by atoms with E-state index in [1.807, 2.05) is 0 Å². The van der Waals surface area contributed by atoms with Crippen molar-refractivity contribution >= 4 is 23.9 Å². The van der Waals surface area contributed by atoms with Crippen LogP contribution in [0.1, 0.15) is 60.8 Å². The van der Waals surface area contributed by atoms with Gasteiger partial charge in [-0.25, -0.2) is 4.52 Å². The molecule has 2 nitrogen and oxygen atoms in total. The van der Waals surface area contributed by atoms with Gasteiger partial charge in [-0.2, -0.15) is 0 Å². The first-order valence-electron chi connectivity index (χ1n) is 12.0. The Balaban J connectivity index is 2.19. The van der Waals surface area contributed by atoms with Gasteiger partial charge in [0.1, 0.15) is 28.2 Å². The van der Waals surface area contributed by atoms with Crippen molar-refractivity contribution in [3.05, 3.63) is 60.7 Å². The number of ketones is 1. The SMILES string of the molecule is CC(=O)C(C)C(C)[P+](O[C@@H]1C[C@H](C)CC[C@H]1C(C)C)(c1ccccc1)c1ccccc1. The minimum Gasteiger partial charge on any atom is -0.300 e. The second-order valence-electron chi connectivity index (χ2n) is 9.94. The van der Waals surface area contributed by atoms with Crippen molar-refractivity contribution in [1.29, 1.82) is 0 Å². The highest BCUT2D eigenvalue weighted by atomic mass is 31.2. The molecule has 0 saturated heterocycles. The molecule has 0 heterocycles. The highest BCUT2D eigenvalue weighted by molar-refractivity contribution is 7.86. The molecule has 2 unspecified atom stereocenters. The number of hydrogen-bond acceptors (Lipinski definition) is 2. The van der Waals surface area contributed by atoms with Gasteiger partial charge in [0.2, 0.25) is 7.49 Å². The molecule has 0 aliphatic heterocycles. The van der Waals surface area contributed by atoms with Gasteiger partial charge in [0, 0.05) is 0 Å². The molecule has 0 aromatic heterocycles. The van der Waals surface area contributed by atoms with E-state index in [1.54, 1.807) is 6.92 Å². The Morgan fingerprint density at radius 3 is 1.87 bits per heavy atom. The van der Waals surface area contributed by atoms with Gasteiger partial charge < -0.3 is 0 Å². The molecular weight excluding hydrogens is 399 g/mol. The van der Waals surface area contributed by atoms with Crippen molar-refractivity contribution in [2.45, 2.75) is 72.6 Å². The highest BCUT2D eigenvalue weighted by Gasteiger charge is 2.56. The zero-order valence-corrected chi connectivity index (χ0v) is 21.0. The van der Waals surface area contributed by atoms with Crippen molar-refractivity contribution in [3.8, 4) is 0 Å². The topological polar surface area (TPSA) is 26.3 Å². The maximum absolute atomic E-state index is 12.6. The van der Waals surface area contributed by atoms with Crippen LogP contribution in [-0.4, -0.2) is 17.5 Å². The second-order valence-corrected chi connectivity index (χ2v) is 13.3. The van der Waals surface area contributed by atoms with Crippen LogP contribution in [-0.2, 0) is 9.32 Å². The molecule has 0 N–H and O–H groups in total. The summed E-state index contributed by atoms with van der Waals surface area (Å²) in [5.41, 5.74) is 0.111. The van der Waals surface area contributed by atoms with Crippen LogP contribution >= 0.6 is 7.49 Å². The van der Waals surface area contributed by atoms with E-state index in [-0.39, 0.29) is 23.5 Å². The molecule has 2 aromatic rings. The molecule has 0 radical (unpaired) electrons. The van der Waals surface area contributed by atoms with Crippen molar-refractivity contribution in [3.63, 3.8) is 0 Å². The first-order valence-corrected chi connectivity index (χ1v) is 13.7. The number of rotatable bonds is 8. The predicted molar refractivity (Wildman–Crippen MR) is 135 cm³/mol. The third-order valence-electron chi connectivity index (χ3n) is 7.48. The Morgan fingerprint density at radius 2 is 1.42 bits per heavy atom. The largest absolute Gasteiger partial charge is 0.300 e. The summed E-state index contributed by atoms with van der Waals surface area (Å²) in [6, 6.07) is 21.5. The lowest BCUT2D eigenvalue weighted by atomic mass is 9.75. The Kier molecular flexibility index (Phi) is 8.11. The van der Waals surface area contributed by atoms with Gasteiger partial charge in [0.05, 0.1) is 5.92 Å². The molecule has 168 valence electrons. The summed E-state index contributed by atoms with van der Waals surface area (Å²) in [7, 11) is -2.29. The third-order valence-corrected chi connectivity index (χ3v) is 11.8. The fraction of sp³-hybridized carbons (Fsp3) is 0.536. The van der Waals surface area contributed by atoms with Gasteiger partial charge in [-0.1, -0.05) is 70.5 Å². The van der Waals surface area contributed by atoms with Crippen molar-refractivity contribution < 1.29 is 9.32 Å². The molecule has 1 saturated carbocycles. The van der Waals surface area contributed by atoms with Crippen molar-refractivity contribution in [2.24, 2.45) is 23.7 Å². The zero-order chi connectivity index (χ0) is 22.6. The van der Waals surface area contributed by atoms with Crippen LogP contribution in [0, 0.1) is 23.7 Å². The lowest BCUT2D eigenvalue weighted by Crippen LogP contribution is -2.42. The van der Waals surface area contributed by atoms with Crippen molar-refractivity contribution in [1.82, 2.24) is 0 Å². The van der Waals surface area contributed by atoms with Crippen LogP contribution in [0.4, 0.5) is 0 Å². The number of benzene rings is 2. The fourth-order valence-corrected chi connectivity index (χ4v) is 9.65. The fourth-order valence-electron chi connectivity index (χ4n) is 5.24. The van der Waals surface area contributed by atoms with Gasteiger partial charge in [-0.3, -0.25) is 4.79 Å². The first-order chi connectivity index (χ1) is 14.8. The van der Waals surface area contributed by atoms with Crippen LogP contribution in [0.3, 0.4) is 0 Å². The number of carbonyl (C=O) groups excluding carboxylic acids is 1. The predicted octanol–water partition coefficient (Wildman–Crippen LogP) is 6.66. The average Bonchev–Trinajstić information content (AvgIpc) is 2.77. The van der Waals surface area contributed by atoms with Crippen LogP contribution in [0.15, 0.2) is 60.7 Å². The van der Waals surface area contributed by atoms with Gasteiger partial charge in [-0.05, 0) is 68.7 Å². The Labute approximate surface area is 190 Å². The van der Waals surface area contributed by atoms with E-state index in [2.05, 4.69) is 95.3 Å². The van der Waals surface area contributed by atoms with Gasteiger partial charge in [0.15, 0.2) is 0 Å². The van der Waals surface area contributed by atoms with E-state index >= 15 is 0 Å². The molecule has 1 aliphatic rings. The van der Waals surface area contributed by atoms with E-state index in [0.29, 0.717) is 17.8 Å². The van der Waals surface area contributed by atoms with Crippen LogP contribution in [0.2, 0.25) is 0 Å². The second kappa shape index (κ2) is 10.4. The lowest BCUT2D eigenvalue weighted by molar-refractivity contribution is -0.120. The molecule has 1 fully saturated rings. The monoisotopic (exact) mass is 439 g/mol. The zero-order valence-electron chi connectivity index (χ0n) is 20.1. The summed E-state index contributed by atoms with van der Waals surface area (Å²) >= 11 is 0. The molecule has 2 aromatic carbocycles. The summed E-state index contributed by atoms with van der Waals surface area (Å²) in [6.07, 6.45) is 3.83. The first kappa shape index (κ1) is 24.1. The minimum absolute atomic E-state index is 0.0627. The molecule has 0 spiro atoms. The molecule has 1 aliphatic carbocycles. The Bertz CT molecular complexity index is 793.